The van der Waals surface area contributed by atoms with Crippen molar-refractivity contribution in [1.29, 1.82) is 0 Å². The Morgan fingerprint density at radius 3 is 2.35 bits per heavy atom. The topological polar surface area (TPSA) is 215 Å². The first-order valence-corrected chi connectivity index (χ1v) is 13.4. The molecule has 2 aromatic heterocycles. The number of primary sulfonamides is 1. The van der Waals surface area contributed by atoms with Crippen molar-refractivity contribution < 1.29 is 16.8 Å². The third-order valence-electron chi connectivity index (χ3n) is 5.37. The van der Waals surface area contributed by atoms with Gasteiger partial charge in [0.2, 0.25) is 15.8 Å². The average Bonchev–Trinajstić information content (AvgIpc) is 3.42. The zero-order valence-electron chi connectivity index (χ0n) is 18.3. The fourth-order valence-corrected chi connectivity index (χ4v) is 6.85. The van der Waals surface area contributed by atoms with Gasteiger partial charge in [0.25, 0.3) is 0 Å². The van der Waals surface area contributed by atoms with Crippen molar-refractivity contribution in [3.05, 3.63) is 30.3 Å². The maximum atomic E-state index is 13.2. The molecule has 1 saturated heterocycles. The fraction of sp³-hybridized carbons (Fsp3) is 0.263. The van der Waals surface area contributed by atoms with Crippen LogP contribution in [0.4, 0.5) is 5.82 Å². The summed E-state index contributed by atoms with van der Waals surface area (Å²) in [4.78, 5) is -0.977. The quantitative estimate of drug-likeness (QED) is 0.252. The van der Waals surface area contributed by atoms with Gasteiger partial charge in [-0.1, -0.05) is 26.0 Å². The number of sulfonamides is 1. The largest absolute Gasteiger partial charge is 0.382 e. The highest BCUT2D eigenvalue weighted by molar-refractivity contribution is 7.94. The Labute approximate surface area is 195 Å². The first-order chi connectivity index (χ1) is 16.2. The van der Waals surface area contributed by atoms with E-state index in [-0.39, 0.29) is 24.5 Å². The molecule has 1 aliphatic heterocycles. The number of fused-ring (bicyclic) bond motifs is 1. The molecule has 3 heterocycles. The molecule has 0 aliphatic carbocycles. The molecule has 0 unspecified atom stereocenters. The lowest BCUT2D eigenvalue weighted by Crippen LogP contribution is -2.51. The number of benzene rings is 2. The van der Waals surface area contributed by atoms with E-state index in [2.05, 4.69) is 36.1 Å². The molecule has 5 rings (SSSR count). The predicted octanol–water partition coefficient (Wildman–Crippen LogP) is 0.411. The summed E-state index contributed by atoms with van der Waals surface area (Å²) < 4.78 is 51.8. The molecule has 1 fully saturated rings. The van der Waals surface area contributed by atoms with E-state index in [1.807, 2.05) is 13.8 Å². The van der Waals surface area contributed by atoms with Crippen LogP contribution in [-0.2, 0) is 19.9 Å². The molecule has 34 heavy (non-hydrogen) atoms. The second-order valence-corrected chi connectivity index (χ2v) is 11.0. The van der Waals surface area contributed by atoms with Crippen molar-refractivity contribution in [2.45, 2.75) is 28.9 Å². The first kappa shape index (κ1) is 23.7. The number of aromatic nitrogens is 6. The van der Waals surface area contributed by atoms with Crippen LogP contribution >= 0.6 is 0 Å². The van der Waals surface area contributed by atoms with Gasteiger partial charge in [0, 0.05) is 18.5 Å². The molecule has 0 saturated carbocycles. The van der Waals surface area contributed by atoms with Crippen molar-refractivity contribution in [2.75, 3.05) is 18.8 Å². The number of hydrogen-bond donors (Lipinski definition) is 5. The number of nitrogens with two attached hydrogens (primary N) is 2. The molecular formula is C19H23N9O4S2. The molecule has 2 aromatic carbocycles. The van der Waals surface area contributed by atoms with Crippen LogP contribution in [0.25, 0.3) is 33.4 Å². The van der Waals surface area contributed by atoms with E-state index in [4.69, 9.17) is 10.9 Å². The van der Waals surface area contributed by atoms with Crippen molar-refractivity contribution in [3.8, 4) is 22.5 Å². The number of hydrogen-bond acceptors (Lipinski definition) is 10. The van der Waals surface area contributed by atoms with Gasteiger partial charge >= 0.3 is 0 Å². The Bertz CT molecular complexity index is 1560. The van der Waals surface area contributed by atoms with Crippen molar-refractivity contribution in [3.63, 3.8) is 0 Å². The van der Waals surface area contributed by atoms with Gasteiger partial charge in [0.15, 0.2) is 15.7 Å². The van der Waals surface area contributed by atoms with Gasteiger partial charge in [0.1, 0.15) is 4.90 Å². The summed E-state index contributed by atoms with van der Waals surface area (Å²) in [6.45, 7) is 4.42. The minimum atomic E-state index is -4.52. The van der Waals surface area contributed by atoms with E-state index in [0.29, 0.717) is 27.8 Å². The van der Waals surface area contributed by atoms with Crippen LogP contribution < -0.4 is 16.2 Å². The molecule has 0 spiro atoms. The van der Waals surface area contributed by atoms with Crippen molar-refractivity contribution in [2.24, 2.45) is 5.14 Å². The molecule has 0 bridgehead atoms. The predicted molar refractivity (Wildman–Crippen MR) is 126 cm³/mol. The van der Waals surface area contributed by atoms with Gasteiger partial charge in [-0.15, -0.1) is 10.2 Å². The molecule has 4 aromatic rings. The lowest BCUT2D eigenvalue weighted by Gasteiger charge is -2.28. The number of tetrazole rings is 1. The molecule has 0 atom stereocenters. The number of nitrogens with zero attached hydrogens (tertiary/aromatic N) is 4. The molecule has 0 radical (unpaired) electrons. The van der Waals surface area contributed by atoms with Crippen LogP contribution in [0.3, 0.4) is 0 Å². The Morgan fingerprint density at radius 1 is 1.03 bits per heavy atom. The molecule has 7 N–H and O–H groups in total. The van der Waals surface area contributed by atoms with Gasteiger partial charge < -0.3 is 11.1 Å². The van der Waals surface area contributed by atoms with Crippen LogP contribution in [0.1, 0.15) is 13.8 Å². The number of anilines is 1. The lowest BCUT2D eigenvalue weighted by molar-refractivity contribution is 0.493. The second-order valence-electron chi connectivity index (χ2n) is 7.29. The Kier molecular flexibility index (Phi) is 6.11. The maximum absolute atomic E-state index is 13.2. The molecule has 1 aliphatic rings. The highest BCUT2D eigenvalue weighted by atomic mass is 32.2. The van der Waals surface area contributed by atoms with Gasteiger partial charge in [-0.25, -0.2) is 22.0 Å². The summed E-state index contributed by atoms with van der Waals surface area (Å²) in [5.74, 6) is 0.197. The zero-order chi connectivity index (χ0) is 24.7. The summed E-state index contributed by atoms with van der Waals surface area (Å²) in [6.07, 6.45) is 0. The van der Waals surface area contributed by atoms with Gasteiger partial charge in [-0.2, -0.15) is 10.3 Å². The highest BCUT2D eigenvalue weighted by Crippen LogP contribution is 2.40. The van der Waals surface area contributed by atoms with Crippen LogP contribution in [0.2, 0.25) is 0 Å². The van der Waals surface area contributed by atoms with Crippen molar-refractivity contribution in [1.82, 2.24) is 36.1 Å². The fourth-order valence-electron chi connectivity index (χ4n) is 3.67. The Morgan fingerprint density at radius 2 is 1.76 bits per heavy atom. The van der Waals surface area contributed by atoms with Gasteiger partial charge in [-0.05, 0) is 34.5 Å². The minimum Gasteiger partial charge on any atom is -0.382 e. The Balaban J connectivity index is 0.00000133. The molecular weight excluding hydrogens is 482 g/mol. The standard InChI is InChI=1S/C17H17N9O4S2.C2H6/c18-16-11-2-1-8(5-12(11)21-22-16)10-3-4-13(31(27,28)9-6-20-7-9)15(32(19,29)30)14(10)17-23-25-26-24-17;1-2/h1-5,9,20H,6-7H2,(H3,18,21,22)(H2,19,29,30)(H,23,24,25,26);1-2H3. The smallest absolute Gasteiger partial charge is 0.240 e. The van der Waals surface area contributed by atoms with E-state index in [0.717, 1.165) is 0 Å². The molecule has 0 amide bonds. The lowest BCUT2D eigenvalue weighted by atomic mass is 9.98. The normalized spacial score (nSPS) is 14.4. The summed E-state index contributed by atoms with van der Waals surface area (Å²) in [5.41, 5.74) is 7.25. The number of rotatable bonds is 5. The number of H-pyrrole nitrogens is 2. The maximum Gasteiger partial charge on any atom is 0.240 e. The van der Waals surface area contributed by atoms with E-state index in [1.165, 1.54) is 12.1 Å². The van der Waals surface area contributed by atoms with E-state index >= 15 is 0 Å². The number of aromatic amines is 2. The average molecular weight is 506 g/mol. The highest BCUT2D eigenvalue weighted by Gasteiger charge is 2.38. The first-order valence-electron chi connectivity index (χ1n) is 10.3. The van der Waals surface area contributed by atoms with Crippen LogP contribution in [0.15, 0.2) is 40.1 Å². The molecule has 13 nitrogen and oxygen atoms in total. The summed E-state index contributed by atoms with van der Waals surface area (Å²) in [5, 5.41) is 28.6. The Hall–Kier alpha value is -3.40. The molecule has 180 valence electrons. The van der Waals surface area contributed by atoms with Gasteiger partial charge in [0.05, 0.1) is 21.2 Å². The van der Waals surface area contributed by atoms with Crippen LogP contribution in [-0.4, -0.2) is 66.0 Å². The van der Waals surface area contributed by atoms with E-state index in [1.54, 1.807) is 18.2 Å². The SMILES string of the molecule is CC.Nc1n[nH]c2cc(-c3ccc(S(=O)(=O)C4CNC4)c(S(N)(=O)=O)c3-c3nn[nH]n3)ccc12. The summed E-state index contributed by atoms with van der Waals surface area (Å²) in [7, 11) is -8.52. The second kappa shape index (κ2) is 8.75. The number of nitrogen functional groups attached to an aromatic ring is 1. The summed E-state index contributed by atoms with van der Waals surface area (Å²) in [6, 6.07) is 7.86. The van der Waals surface area contributed by atoms with Gasteiger partial charge in [-0.3, -0.25) is 5.10 Å². The van der Waals surface area contributed by atoms with E-state index in [9.17, 15) is 16.8 Å². The van der Waals surface area contributed by atoms with E-state index < -0.39 is 34.9 Å². The van der Waals surface area contributed by atoms with Crippen molar-refractivity contribution >= 4 is 36.6 Å². The minimum absolute atomic E-state index is 0.0681. The number of sulfone groups is 1. The third kappa shape index (κ3) is 3.91. The molecule has 15 heteroatoms. The third-order valence-corrected chi connectivity index (χ3v) is 8.65. The van der Waals surface area contributed by atoms with Crippen LogP contribution in [0.5, 0.6) is 0 Å². The monoisotopic (exact) mass is 505 g/mol. The zero-order valence-corrected chi connectivity index (χ0v) is 19.9. The summed E-state index contributed by atoms with van der Waals surface area (Å²) >= 11 is 0. The van der Waals surface area contributed by atoms with Crippen LogP contribution in [0, 0.1) is 0 Å². The number of nitrogens with one attached hydrogen (secondary N) is 3.